The van der Waals surface area contributed by atoms with Crippen LogP contribution in [0.2, 0.25) is 0 Å². The number of aromatic nitrogens is 2. The number of fused-ring (bicyclic) bond motifs is 1. The molecule has 15 heavy (non-hydrogen) atoms. The smallest absolute Gasteiger partial charge is 0.179 e. The average molecular weight is 202 g/mol. The fourth-order valence-electron chi connectivity index (χ4n) is 1.37. The van der Waals surface area contributed by atoms with E-state index >= 15 is 0 Å². The first-order valence-electron chi connectivity index (χ1n) is 5.12. The Labute approximate surface area is 88.5 Å². The zero-order valence-electron chi connectivity index (χ0n) is 9.18. The molecule has 0 spiro atoms. The first-order valence-corrected chi connectivity index (χ1v) is 5.12. The summed E-state index contributed by atoms with van der Waals surface area (Å²) in [5.74, 6) is 0.376. The third kappa shape index (κ3) is 2.09. The summed E-state index contributed by atoms with van der Waals surface area (Å²) in [7, 11) is 0. The van der Waals surface area contributed by atoms with Crippen molar-refractivity contribution in [3.8, 4) is 0 Å². The van der Waals surface area contributed by atoms with E-state index in [2.05, 4.69) is 34.0 Å². The van der Waals surface area contributed by atoms with Gasteiger partial charge >= 0.3 is 0 Å². The Morgan fingerprint density at radius 3 is 2.80 bits per heavy atom. The molecule has 0 aliphatic carbocycles. The van der Waals surface area contributed by atoms with Crippen LogP contribution >= 0.6 is 0 Å². The molecule has 2 heterocycles. The molecule has 2 rings (SSSR count). The Morgan fingerprint density at radius 2 is 2.07 bits per heavy atom. The summed E-state index contributed by atoms with van der Waals surface area (Å²) in [6, 6.07) is 2.08. The molecule has 4 heteroatoms. The molecule has 1 aromatic rings. The van der Waals surface area contributed by atoms with Crippen molar-refractivity contribution in [2.24, 2.45) is 9.98 Å². The van der Waals surface area contributed by atoms with Crippen LogP contribution in [0.3, 0.4) is 0 Å². The van der Waals surface area contributed by atoms with Gasteiger partial charge < -0.3 is 0 Å². The monoisotopic (exact) mass is 202 g/mol. The lowest BCUT2D eigenvalue weighted by Crippen LogP contribution is -2.31. The Bertz CT molecular complexity index is 502. The standard InChI is InChI=1S/C11H14N4/c1-7(2)10-4-9-6-12-5-8(3)13-11(9)15-14-10/h4-8H,1-3H3. The van der Waals surface area contributed by atoms with E-state index in [0.717, 1.165) is 10.9 Å². The lowest BCUT2D eigenvalue weighted by Gasteiger charge is -2.01. The van der Waals surface area contributed by atoms with Gasteiger partial charge in [-0.3, -0.25) is 9.98 Å². The lowest BCUT2D eigenvalue weighted by atomic mass is 10.1. The van der Waals surface area contributed by atoms with Crippen molar-refractivity contribution in [3.05, 3.63) is 22.5 Å². The van der Waals surface area contributed by atoms with Crippen LogP contribution in [0.5, 0.6) is 0 Å². The third-order valence-electron chi connectivity index (χ3n) is 2.25. The predicted octanol–water partition coefficient (Wildman–Crippen LogP) is 0.431. The van der Waals surface area contributed by atoms with Gasteiger partial charge in [0.25, 0.3) is 0 Å². The van der Waals surface area contributed by atoms with Crippen LogP contribution in [0.15, 0.2) is 16.1 Å². The molecule has 0 bridgehead atoms. The molecule has 1 aromatic heterocycles. The SMILES string of the molecule is CC1C=NC=c2cc(C(C)C)nnc2=N1. The zero-order chi connectivity index (χ0) is 10.8. The Morgan fingerprint density at radius 1 is 1.27 bits per heavy atom. The van der Waals surface area contributed by atoms with Gasteiger partial charge in [0.1, 0.15) is 0 Å². The molecule has 0 fully saturated rings. The topological polar surface area (TPSA) is 50.5 Å². The van der Waals surface area contributed by atoms with E-state index < -0.39 is 0 Å². The minimum atomic E-state index is 0.0710. The first-order chi connectivity index (χ1) is 7.16. The second kappa shape index (κ2) is 3.88. The molecule has 0 amide bonds. The third-order valence-corrected chi connectivity index (χ3v) is 2.25. The second-order valence-electron chi connectivity index (χ2n) is 4.00. The fraction of sp³-hybridized carbons (Fsp3) is 0.455. The largest absolute Gasteiger partial charge is 0.266 e. The molecule has 1 aliphatic rings. The van der Waals surface area contributed by atoms with Crippen molar-refractivity contribution >= 4 is 12.4 Å². The highest BCUT2D eigenvalue weighted by Crippen LogP contribution is 2.05. The van der Waals surface area contributed by atoms with Crippen LogP contribution in [0, 0.1) is 0 Å². The normalized spacial score (nSPS) is 19.1. The maximum Gasteiger partial charge on any atom is 0.179 e. The lowest BCUT2D eigenvalue weighted by molar-refractivity contribution is 0.757. The summed E-state index contributed by atoms with van der Waals surface area (Å²) in [6.07, 6.45) is 3.60. The zero-order valence-corrected chi connectivity index (χ0v) is 9.18. The summed E-state index contributed by atoms with van der Waals surface area (Å²) in [4.78, 5) is 8.57. The Hall–Kier alpha value is -1.58. The number of hydrogen-bond acceptors (Lipinski definition) is 4. The first kappa shape index (κ1) is 9.96. The van der Waals surface area contributed by atoms with Gasteiger partial charge in [-0.25, -0.2) is 0 Å². The van der Waals surface area contributed by atoms with Crippen molar-refractivity contribution in [1.29, 1.82) is 0 Å². The van der Waals surface area contributed by atoms with Crippen LogP contribution in [-0.4, -0.2) is 22.5 Å². The Balaban J connectivity index is 2.63. The van der Waals surface area contributed by atoms with Gasteiger partial charge in [0, 0.05) is 17.6 Å². The highest BCUT2D eigenvalue weighted by molar-refractivity contribution is 5.67. The quantitative estimate of drug-likeness (QED) is 0.663. The minimum Gasteiger partial charge on any atom is -0.266 e. The van der Waals surface area contributed by atoms with E-state index in [1.165, 1.54) is 0 Å². The van der Waals surface area contributed by atoms with Crippen LogP contribution < -0.4 is 10.7 Å². The van der Waals surface area contributed by atoms with E-state index in [-0.39, 0.29) is 6.04 Å². The van der Waals surface area contributed by atoms with Gasteiger partial charge in [-0.05, 0) is 18.9 Å². The molecule has 0 saturated carbocycles. The van der Waals surface area contributed by atoms with E-state index in [1.54, 1.807) is 12.4 Å². The molecule has 0 aromatic carbocycles. The van der Waals surface area contributed by atoms with Crippen LogP contribution in [-0.2, 0) is 0 Å². The highest BCUT2D eigenvalue weighted by atomic mass is 15.1. The van der Waals surface area contributed by atoms with Gasteiger partial charge in [0.05, 0.1) is 11.7 Å². The van der Waals surface area contributed by atoms with Gasteiger partial charge in [-0.2, -0.15) is 5.10 Å². The summed E-state index contributed by atoms with van der Waals surface area (Å²) < 4.78 is 0. The summed E-state index contributed by atoms with van der Waals surface area (Å²) in [6.45, 7) is 6.16. The summed E-state index contributed by atoms with van der Waals surface area (Å²) in [5.41, 5.74) is 1.66. The van der Waals surface area contributed by atoms with E-state index in [0.29, 0.717) is 11.4 Å². The molecular formula is C11H14N4. The summed E-state index contributed by atoms with van der Waals surface area (Å²) >= 11 is 0. The fourth-order valence-corrected chi connectivity index (χ4v) is 1.37. The van der Waals surface area contributed by atoms with Gasteiger partial charge in [0.15, 0.2) is 5.49 Å². The number of rotatable bonds is 1. The molecule has 1 aliphatic heterocycles. The van der Waals surface area contributed by atoms with E-state index in [4.69, 9.17) is 0 Å². The van der Waals surface area contributed by atoms with Crippen molar-refractivity contribution in [2.75, 3.05) is 0 Å². The van der Waals surface area contributed by atoms with Gasteiger partial charge in [0.2, 0.25) is 0 Å². The van der Waals surface area contributed by atoms with Crippen LogP contribution in [0.4, 0.5) is 0 Å². The molecule has 1 unspecified atom stereocenters. The van der Waals surface area contributed by atoms with E-state index in [1.807, 2.05) is 13.0 Å². The Kier molecular flexibility index (Phi) is 2.58. The molecule has 78 valence electrons. The van der Waals surface area contributed by atoms with Crippen LogP contribution in [0.1, 0.15) is 32.4 Å². The van der Waals surface area contributed by atoms with Crippen LogP contribution in [0.25, 0.3) is 6.20 Å². The van der Waals surface area contributed by atoms with Gasteiger partial charge in [-0.1, -0.05) is 13.8 Å². The molecule has 0 saturated heterocycles. The van der Waals surface area contributed by atoms with Crippen molar-refractivity contribution in [3.63, 3.8) is 0 Å². The van der Waals surface area contributed by atoms with Gasteiger partial charge in [-0.15, -0.1) is 5.10 Å². The molecule has 1 atom stereocenters. The molecular weight excluding hydrogens is 188 g/mol. The number of aliphatic imine (C=N–C) groups is 1. The maximum atomic E-state index is 4.39. The number of hydrogen-bond donors (Lipinski definition) is 0. The summed E-state index contributed by atoms with van der Waals surface area (Å²) in [5, 5.41) is 9.22. The number of nitrogens with zero attached hydrogens (tertiary/aromatic N) is 4. The minimum absolute atomic E-state index is 0.0710. The molecule has 4 nitrogen and oxygen atoms in total. The maximum absolute atomic E-state index is 4.39. The van der Waals surface area contributed by atoms with Crippen molar-refractivity contribution in [2.45, 2.75) is 32.7 Å². The molecule has 0 N–H and O–H groups in total. The highest BCUT2D eigenvalue weighted by Gasteiger charge is 2.04. The molecule has 0 radical (unpaired) electrons. The second-order valence-corrected chi connectivity index (χ2v) is 4.00. The predicted molar refractivity (Wildman–Crippen MR) is 59.3 cm³/mol. The van der Waals surface area contributed by atoms with Crippen molar-refractivity contribution in [1.82, 2.24) is 10.2 Å². The van der Waals surface area contributed by atoms with E-state index in [9.17, 15) is 0 Å². The average Bonchev–Trinajstić information content (AvgIpc) is 2.37. The van der Waals surface area contributed by atoms with Crippen molar-refractivity contribution < 1.29 is 0 Å².